The summed E-state index contributed by atoms with van der Waals surface area (Å²) in [6.45, 7) is 1.65. The summed E-state index contributed by atoms with van der Waals surface area (Å²) >= 11 is 5.76. The largest absolute Gasteiger partial charge is 0.336 e. The van der Waals surface area contributed by atoms with E-state index in [1.54, 1.807) is 0 Å². The lowest BCUT2D eigenvalue weighted by atomic mass is 9.98. The van der Waals surface area contributed by atoms with Gasteiger partial charge in [0, 0.05) is 18.2 Å². The number of nitrogens with zero attached hydrogens (tertiary/aromatic N) is 1. The van der Waals surface area contributed by atoms with Crippen molar-refractivity contribution in [3.63, 3.8) is 0 Å². The lowest BCUT2D eigenvalue weighted by Crippen LogP contribution is -2.44. The summed E-state index contributed by atoms with van der Waals surface area (Å²) in [5, 5.41) is 3.12. The van der Waals surface area contributed by atoms with Crippen LogP contribution in [0.5, 0.6) is 0 Å². The Balaban J connectivity index is 2.14. The number of hydrogen-bond donors (Lipinski definition) is 1. The second-order valence-electron chi connectivity index (χ2n) is 5.17. The van der Waals surface area contributed by atoms with E-state index >= 15 is 0 Å². The van der Waals surface area contributed by atoms with Crippen LogP contribution in [0.15, 0.2) is 18.2 Å². The molecule has 1 aromatic rings. The van der Waals surface area contributed by atoms with E-state index in [9.17, 15) is 9.18 Å². The molecule has 110 valence electrons. The summed E-state index contributed by atoms with van der Waals surface area (Å²) in [5.41, 5.74) is 0.466. The highest BCUT2D eigenvalue weighted by Crippen LogP contribution is 2.23. The van der Waals surface area contributed by atoms with Crippen LogP contribution in [-0.2, 0) is 0 Å². The van der Waals surface area contributed by atoms with Crippen LogP contribution in [0.1, 0.15) is 36.0 Å². The third-order valence-electron chi connectivity index (χ3n) is 3.78. The fourth-order valence-corrected chi connectivity index (χ4v) is 2.85. The maximum absolute atomic E-state index is 13.2. The van der Waals surface area contributed by atoms with Crippen molar-refractivity contribution in [3.8, 4) is 0 Å². The Kier molecular flexibility index (Phi) is 5.38. The van der Waals surface area contributed by atoms with E-state index in [0.717, 1.165) is 38.8 Å². The second-order valence-corrected chi connectivity index (χ2v) is 5.58. The van der Waals surface area contributed by atoms with Gasteiger partial charge in [-0.1, -0.05) is 11.6 Å². The zero-order valence-electron chi connectivity index (χ0n) is 11.7. The van der Waals surface area contributed by atoms with E-state index < -0.39 is 5.82 Å². The SMILES string of the molecule is CNCCC1CCCCN1C(=O)c1ccc(F)c(Cl)c1. The first kappa shape index (κ1) is 15.3. The van der Waals surface area contributed by atoms with Crippen LogP contribution < -0.4 is 5.32 Å². The van der Waals surface area contributed by atoms with Crippen molar-refractivity contribution in [2.75, 3.05) is 20.1 Å². The molecule has 3 nitrogen and oxygen atoms in total. The molecule has 1 amide bonds. The van der Waals surface area contributed by atoms with Crippen LogP contribution in [0.25, 0.3) is 0 Å². The summed E-state index contributed by atoms with van der Waals surface area (Å²) in [6.07, 6.45) is 4.15. The fourth-order valence-electron chi connectivity index (χ4n) is 2.67. The number of piperidine rings is 1. The first-order valence-corrected chi connectivity index (χ1v) is 7.42. The summed E-state index contributed by atoms with van der Waals surface area (Å²) in [7, 11) is 1.91. The van der Waals surface area contributed by atoms with Gasteiger partial charge in [0.1, 0.15) is 5.82 Å². The summed E-state index contributed by atoms with van der Waals surface area (Å²) in [6, 6.07) is 4.44. The predicted octanol–water partition coefficient (Wildman–Crippen LogP) is 3.08. The van der Waals surface area contributed by atoms with E-state index in [1.807, 2.05) is 11.9 Å². The number of halogens is 2. The smallest absolute Gasteiger partial charge is 0.254 e. The lowest BCUT2D eigenvalue weighted by Gasteiger charge is -2.36. The van der Waals surface area contributed by atoms with Crippen molar-refractivity contribution >= 4 is 17.5 Å². The number of nitrogens with one attached hydrogen (secondary N) is 1. The molecule has 1 aliphatic heterocycles. The van der Waals surface area contributed by atoms with Crippen molar-refractivity contribution in [2.45, 2.75) is 31.7 Å². The first-order valence-electron chi connectivity index (χ1n) is 7.04. The average molecular weight is 299 g/mol. The Labute approximate surface area is 124 Å². The van der Waals surface area contributed by atoms with Gasteiger partial charge in [-0.15, -0.1) is 0 Å². The molecule has 0 bridgehead atoms. The minimum absolute atomic E-state index is 0.000339. The maximum atomic E-state index is 13.2. The second kappa shape index (κ2) is 7.04. The molecule has 0 saturated carbocycles. The van der Waals surface area contributed by atoms with Crippen LogP contribution in [0, 0.1) is 5.82 Å². The highest BCUT2D eigenvalue weighted by Gasteiger charge is 2.27. The van der Waals surface area contributed by atoms with Crippen LogP contribution in [0.2, 0.25) is 5.02 Å². The molecule has 20 heavy (non-hydrogen) atoms. The van der Waals surface area contributed by atoms with Gasteiger partial charge in [-0.25, -0.2) is 4.39 Å². The molecule has 1 aromatic carbocycles. The topological polar surface area (TPSA) is 32.3 Å². The minimum atomic E-state index is -0.492. The highest BCUT2D eigenvalue weighted by atomic mass is 35.5. The number of likely N-dealkylation sites (tertiary alicyclic amines) is 1. The Bertz CT molecular complexity index is 481. The Hall–Kier alpha value is -1.13. The van der Waals surface area contributed by atoms with Crippen molar-refractivity contribution in [1.29, 1.82) is 0 Å². The summed E-state index contributed by atoms with van der Waals surface area (Å²) < 4.78 is 13.2. The predicted molar refractivity (Wildman–Crippen MR) is 78.6 cm³/mol. The van der Waals surface area contributed by atoms with E-state index in [4.69, 9.17) is 11.6 Å². The summed E-state index contributed by atoms with van der Waals surface area (Å²) in [5.74, 6) is -0.540. The number of carbonyl (C=O) groups excluding carboxylic acids is 1. The number of carbonyl (C=O) groups is 1. The normalized spacial score (nSPS) is 19.1. The zero-order valence-corrected chi connectivity index (χ0v) is 12.4. The monoisotopic (exact) mass is 298 g/mol. The molecule has 1 fully saturated rings. The molecule has 1 heterocycles. The van der Waals surface area contributed by atoms with Gasteiger partial charge in [0.15, 0.2) is 0 Å². The van der Waals surface area contributed by atoms with Crippen LogP contribution in [0.3, 0.4) is 0 Å². The van der Waals surface area contributed by atoms with Gasteiger partial charge in [-0.2, -0.15) is 0 Å². The van der Waals surface area contributed by atoms with Crippen LogP contribution >= 0.6 is 11.6 Å². The maximum Gasteiger partial charge on any atom is 0.254 e. The average Bonchev–Trinajstić information content (AvgIpc) is 2.47. The zero-order chi connectivity index (χ0) is 14.5. The standard InChI is InChI=1S/C15H20ClFN2O/c1-18-8-7-12-4-2-3-9-19(12)15(20)11-5-6-14(17)13(16)10-11/h5-6,10,12,18H,2-4,7-9H2,1H3. The molecule has 1 N–H and O–H groups in total. The number of rotatable bonds is 4. The number of benzene rings is 1. The minimum Gasteiger partial charge on any atom is -0.336 e. The molecule has 0 spiro atoms. The van der Waals surface area contributed by atoms with Crippen LogP contribution in [-0.4, -0.2) is 37.0 Å². The quantitative estimate of drug-likeness (QED) is 0.926. The van der Waals surface area contributed by atoms with Crippen molar-refractivity contribution in [1.82, 2.24) is 10.2 Å². The molecule has 1 unspecified atom stereocenters. The molecule has 0 aromatic heterocycles. The van der Waals surface area contributed by atoms with E-state index in [1.165, 1.54) is 18.2 Å². The molecule has 2 rings (SSSR count). The Morgan fingerprint density at radius 2 is 2.30 bits per heavy atom. The van der Waals surface area contributed by atoms with Crippen LogP contribution in [0.4, 0.5) is 4.39 Å². The van der Waals surface area contributed by atoms with Gasteiger partial charge in [-0.05, 0) is 57.5 Å². The highest BCUT2D eigenvalue weighted by molar-refractivity contribution is 6.31. The molecule has 5 heteroatoms. The molecule has 0 radical (unpaired) electrons. The van der Waals surface area contributed by atoms with Gasteiger partial charge < -0.3 is 10.2 Å². The van der Waals surface area contributed by atoms with Gasteiger partial charge in [0.05, 0.1) is 5.02 Å². The van der Waals surface area contributed by atoms with Gasteiger partial charge in [-0.3, -0.25) is 4.79 Å². The van der Waals surface area contributed by atoms with Gasteiger partial charge in [0.25, 0.3) is 5.91 Å². The molecular formula is C15H20ClFN2O. The molecule has 1 saturated heterocycles. The van der Waals surface area contributed by atoms with Crippen molar-refractivity contribution in [2.24, 2.45) is 0 Å². The Morgan fingerprint density at radius 1 is 1.50 bits per heavy atom. The fraction of sp³-hybridized carbons (Fsp3) is 0.533. The van der Waals surface area contributed by atoms with Gasteiger partial charge in [0.2, 0.25) is 0 Å². The van der Waals surface area contributed by atoms with Gasteiger partial charge >= 0.3 is 0 Å². The number of hydrogen-bond acceptors (Lipinski definition) is 2. The molecule has 1 aliphatic rings. The first-order chi connectivity index (χ1) is 9.63. The summed E-state index contributed by atoms with van der Waals surface area (Å²) in [4.78, 5) is 14.5. The third kappa shape index (κ3) is 3.49. The lowest BCUT2D eigenvalue weighted by molar-refractivity contribution is 0.0602. The van der Waals surface area contributed by atoms with E-state index in [-0.39, 0.29) is 17.0 Å². The molecule has 0 aliphatic carbocycles. The molecule has 1 atom stereocenters. The Morgan fingerprint density at radius 3 is 3.00 bits per heavy atom. The number of amides is 1. The van der Waals surface area contributed by atoms with E-state index in [0.29, 0.717) is 5.56 Å². The van der Waals surface area contributed by atoms with Crippen molar-refractivity contribution < 1.29 is 9.18 Å². The van der Waals surface area contributed by atoms with E-state index in [2.05, 4.69) is 5.32 Å². The molecular weight excluding hydrogens is 279 g/mol. The van der Waals surface area contributed by atoms with Crippen molar-refractivity contribution in [3.05, 3.63) is 34.6 Å². The third-order valence-corrected chi connectivity index (χ3v) is 4.07.